The minimum absolute atomic E-state index is 0.215. The molecule has 2 aromatic rings. The minimum atomic E-state index is -0.563. The Balaban J connectivity index is 2.33. The van der Waals surface area contributed by atoms with Crippen LogP contribution in [0.1, 0.15) is 10.4 Å². The number of methoxy groups -OCH3 is 1. The largest absolute Gasteiger partial charge is 0.496 e. The summed E-state index contributed by atoms with van der Waals surface area (Å²) in [5, 5.41) is 0.687. The summed E-state index contributed by atoms with van der Waals surface area (Å²) in [6.45, 7) is 0. The molecule has 6 heteroatoms. The highest BCUT2D eigenvalue weighted by Crippen LogP contribution is 2.36. The number of rotatable bonds is 3. The molecule has 0 atom stereocenters. The molecule has 0 amide bonds. The smallest absolute Gasteiger partial charge is 0.347 e. The van der Waals surface area contributed by atoms with E-state index < -0.39 is 5.97 Å². The standard InChI is InChI=1S/C14H9BrCl2O3/c1-19-12-5-3-2-4-9(12)14(18)20-13-10(15)6-8(16)7-11(13)17/h2-7H,1H3. The van der Waals surface area contributed by atoms with Crippen LogP contribution in [0.3, 0.4) is 0 Å². The number of carbonyl (C=O) groups is 1. The number of hydrogen-bond donors (Lipinski definition) is 0. The second-order valence-electron chi connectivity index (χ2n) is 3.79. The first-order valence-electron chi connectivity index (χ1n) is 5.52. The molecule has 0 radical (unpaired) electrons. The van der Waals surface area contributed by atoms with E-state index in [9.17, 15) is 4.79 Å². The average molecular weight is 376 g/mol. The summed E-state index contributed by atoms with van der Waals surface area (Å²) < 4.78 is 10.9. The fourth-order valence-corrected chi connectivity index (χ4v) is 2.91. The molecule has 0 spiro atoms. The molecule has 0 aliphatic carbocycles. The first-order chi connectivity index (χ1) is 9.52. The van der Waals surface area contributed by atoms with Gasteiger partial charge in [-0.25, -0.2) is 4.79 Å². The van der Waals surface area contributed by atoms with Gasteiger partial charge in [0.15, 0.2) is 5.75 Å². The predicted molar refractivity (Wildman–Crippen MR) is 82.1 cm³/mol. The van der Waals surface area contributed by atoms with Gasteiger partial charge in [0.25, 0.3) is 0 Å². The third kappa shape index (κ3) is 3.26. The van der Waals surface area contributed by atoms with Crippen LogP contribution in [-0.4, -0.2) is 13.1 Å². The van der Waals surface area contributed by atoms with Crippen molar-refractivity contribution in [1.82, 2.24) is 0 Å². The van der Waals surface area contributed by atoms with E-state index in [4.69, 9.17) is 32.7 Å². The monoisotopic (exact) mass is 374 g/mol. The Morgan fingerprint density at radius 2 is 1.90 bits per heavy atom. The zero-order valence-corrected chi connectivity index (χ0v) is 13.4. The summed E-state index contributed by atoms with van der Waals surface area (Å²) in [5.74, 6) is 0.0815. The molecule has 2 aromatic carbocycles. The van der Waals surface area contributed by atoms with Gasteiger partial charge in [-0.05, 0) is 40.2 Å². The molecular weight excluding hydrogens is 367 g/mol. The van der Waals surface area contributed by atoms with Gasteiger partial charge in [-0.2, -0.15) is 0 Å². The summed E-state index contributed by atoms with van der Waals surface area (Å²) in [5.41, 5.74) is 0.313. The van der Waals surface area contributed by atoms with Crippen LogP contribution >= 0.6 is 39.1 Å². The molecule has 0 fully saturated rings. The quantitative estimate of drug-likeness (QED) is 0.560. The zero-order chi connectivity index (χ0) is 14.7. The van der Waals surface area contributed by atoms with Crippen molar-refractivity contribution in [2.24, 2.45) is 0 Å². The molecule has 0 aliphatic heterocycles. The van der Waals surface area contributed by atoms with Crippen LogP contribution in [0, 0.1) is 0 Å². The zero-order valence-electron chi connectivity index (χ0n) is 10.3. The number of carbonyl (C=O) groups excluding carboxylic acids is 1. The molecule has 0 unspecified atom stereocenters. The van der Waals surface area contributed by atoms with Gasteiger partial charge in [-0.1, -0.05) is 35.3 Å². The molecule has 0 aliphatic rings. The Bertz CT molecular complexity index is 636. The molecule has 0 saturated carbocycles. The highest BCUT2D eigenvalue weighted by atomic mass is 79.9. The maximum Gasteiger partial charge on any atom is 0.347 e. The normalized spacial score (nSPS) is 10.2. The summed E-state index contributed by atoms with van der Waals surface area (Å²) >= 11 is 15.1. The molecular formula is C14H9BrCl2O3. The van der Waals surface area contributed by atoms with Crippen molar-refractivity contribution in [2.45, 2.75) is 0 Å². The van der Waals surface area contributed by atoms with Gasteiger partial charge in [-0.3, -0.25) is 0 Å². The van der Waals surface area contributed by atoms with E-state index in [0.29, 0.717) is 20.8 Å². The fourth-order valence-electron chi connectivity index (χ4n) is 1.59. The van der Waals surface area contributed by atoms with Gasteiger partial charge in [0.05, 0.1) is 16.6 Å². The maximum absolute atomic E-state index is 12.2. The summed E-state index contributed by atoms with van der Waals surface area (Å²) in [6.07, 6.45) is 0. The molecule has 0 N–H and O–H groups in total. The van der Waals surface area contributed by atoms with Crippen LogP contribution in [0.25, 0.3) is 0 Å². The van der Waals surface area contributed by atoms with Gasteiger partial charge in [0, 0.05) is 5.02 Å². The van der Waals surface area contributed by atoms with Gasteiger partial charge in [-0.15, -0.1) is 0 Å². The summed E-state index contributed by atoms with van der Waals surface area (Å²) in [7, 11) is 1.48. The third-order valence-corrected chi connectivity index (χ3v) is 3.57. The van der Waals surface area contributed by atoms with E-state index in [-0.39, 0.29) is 10.8 Å². The predicted octanol–water partition coefficient (Wildman–Crippen LogP) is 4.98. The molecule has 0 aromatic heterocycles. The van der Waals surface area contributed by atoms with Crippen molar-refractivity contribution < 1.29 is 14.3 Å². The number of benzene rings is 2. The lowest BCUT2D eigenvalue weighted by Gasteiger charge is -2.11. The van der Waals surface area contributed by atoms with Crippen molar-refractivity contribution in [1.29, 1.82) is 0 Å². The molecule has 104 valence electrons. The molecule has 20 heavy (non-hydrogen) atoms. The van der Waals surface area contributed by atoms with E-state index in [1.807, 2.05) is 0 Å². The highest BCUT2D eigenvalue weighted by Gasteiger charge is 2.17. The molecule has 0 heterocycles. The van der Waals surface area contributed by atoms with E-state index >= 15 is 0 Å². The van der Waals surface area contributed by atoms with Crippen molar-refractivity contribution >= 4 is 45.1 Å². The lowest BCUT2D eigenvalue weighted by Crippen LogP contribution is -2.10. The van der Waals surface area contributed by atoms with Crippen molar-refractivity contribution in [2.75, 3.05) is 7.11 Å². The first kappa shape index (κ1) is 15.2. The van der Waals surface area contributed by atoms with Crippen molar-refractivity contribution in [3.05, 3.63) is 56.5 Å². The van der Waals surface area contributed by atoms with E-state index in [2.05, 4.69) is 15.9 Å². The number of esters is 1. The van der Waals surface area contributed by atoms with Gasteiger partial charge in [0.2, 0.25) is 0 Å². The van der Waals surface area contributed by atoms with Crippen LogP contribution in [-0.2, 0) is 0 Å². The Labute approximate surface area is 134 Å². The summed E-state index contributed by atoms with van der Waals surface area (Å²) in [6, 6.07) is 9.86. The van der Waals surface area contributed by atoms with Crippen molar-refractivity contribution in [3.63, 3.8) is 0 Å². The van der Waals surface area contributed by atoms with Crippen molar-refractivity contribution in [3.8, 4) is 11.5 Å². The Morgan fingerprint density at radius 3 is 2.55 bits per heavy atom. The Morgan fingerprint density at radius 1 is 1.20 bits per heavy atom. The van der Waals surface area contributed by atoms with Gasteiger partial charge in [0.1, 0.15) is 11.3 Å². The Hall–Kier alpha value is -1.23. The highest BCUT2D eigenvalue weighted by molar-refractivity contribution is 9.10. The van der Waals surface area contributed by atoms with Crippen LogP contribution in [0.2, 0.25) is 10.0 Å². The van der Waals surface area contributed by atoms with Crippen LogP contribution in [0.5, 0.6) is 11.5 Å². The maximum atomic E-state index is 12.2. The number of hydrogen-bond acceptors (Lipinski definition) is 3. The Kier molecular flexibility index (Phi) is 4.91. The second-order valence-corrected chi connectivity index (χ2v) is 5.49. The molecule has 0 bridgehead atoms. The van der Waals surface area contributed by atoms with Gasteiger partial charge < -0.3 is 9.47 Å². The van der Waals surface area contributed by atoms with Crippen LogP contribution in [0.15, 0.2) is 40.9 Å². The van der Waals surface area contributed by atoms with E-state index in [1.165, 1.54) is 13.2 Å². The second kappa shape index (κ2) is 6.48. The molecule has 2 rings (SSSR count). The van der Waals surface area contributed by atoms with Crippen LogP contribution in [0.4, 0.5) is 0 Å². The lowest BCUT2D eigenvalue weighted by atomic mass is 10.2. The minimum Gasteiger partial charge on any atom is -0.496 e. The molecule has 0 saturated heterocycles. The number of halogens is 3. The van der Waals surface area contributed by atoms with Crippen LogP contribution < -0.4 is 9.47 Å². The topological polar surface area (TPSA) is 35.5 Å². The van der Waals surface area contributed by atoms with E-state index in [1.54, 1.807) is 30.3 Å². The third-order valence-electron chi connectivity index (χ3n) is 2.48. The lowest BCUT2D eigenvalue weighted by molar-refractivity contribution is 0.0730. The fraction of sp³-hybridized carbons (Fsp3) is 0.0714. The average Bonchev–Trinajstić information content (AvgIpc) is 2.42. The molecule has 3 nitrogen and oxygen atoms in total. The van der Waals surface area contributed by atoms with E-state index in [0.717, 1.165) is 0 Å². The SMILES string of the molecule is COc1ccccc1C(=O)Oc1c(Cl)cc(Cl)cc1Br. The number of ether oxygens (including phenoxy) is 2. The summed E-state index contributed by atoms with van der Waals surface area (Å²) in [4.78, 5) is 12.2. The first-order valence-corrected chi connectivity index (χ1v) is 7.07. The van der Waals surface area contributed by atoms with Gasteiger partial charge >= 0.3 is 5.97 Å². The number of para-hydroxylation sites is 1.